The number of nitro benzene ring substituents is 1. The van der Waals surface area contributed by atoms with Gasteiger partial charge in [-0.2, -0.15) is 4.31 Å². The predicted molar refractivity (Wildman–Crippen MR) is 107 cm³/mol. The third-order valence-corrected chi connectivity index (χ3v) is 7.20. The van der Waals surface area contributed by atoms with Gasteiger partial charge in [0.25, 0.3) is 15.7 Å². The van der Waals surface area contributed by atoms with Gasteiger partial charge in [0.05, 0.1) is 23.0 Å². The highest BCUT2D eigenvalue weighted by molar-refractivity contribution is 7.89. The van der Waals surface area contributed by atoms with Gasteiger partial charge < -0.3 is 4.74 Å². The van der Waals surface area contributed by atoms with Crippen molar-refractivity contribution in [3.8, 4) is 0 Å². The van der Waals surface area contributed by atoms with Gasteiger partial charge in [0.2, 0.25) is 0 Å². The van der Waals surface area contributed by atoms with Crippen molar-refractivity contribution in [2.24, 2.45) is 0 Å². The first-order valence-electron chi connectivity index (χ1n) is 9.26. The van der Waals surface area contributed by atoms with E-state index in [0.717, 1.165) is 11.6 Å². The number of hydrogen-bond acceptors (Lipinski definition) is 6. The van der Waals surface area contributed by atoms with Crippen LogP contribution < -0.4 is 0 Å². The number of rotatable bonds is 5. The molecule has 1 fully saturated rings. The molecule has 0 saturated carbocycles. The average Bonchev–Trinajstić information content (AvgIpc) is 3.49. The number of nitrogens with zero attached hydrogens (tertiary/aromatic N) is 3. The third-order valence-electron chi connectivity index (χ3n) is 5.26. The molecule has 0 spiro atoms. The van der Waals surface area contributed by atoms with Gasteiger partial charge in [0.1, 0.15) is 6.61 Å². The van der Waals surface area contributed by atoms with E-state index in [1.54, 1.807) is 13.0 Å². The van der Waals surface area contributed by atoms with E-state index in [0.29, 0.717) is 0 Å². The maximum atomic E-state index is 13.1. The maximum Gasteiger partial charge on any atom is 0.414 e. The highest BCUT2D eigenvalue weighted by atomic mass is 32.2. The number of amides is 1. The highest BCUT2D eigenvalue weighted by Gasteiger charge is 2.60. The third kappa shape index (κ3) is 3.44. The number of ether oxygens (including phenoxy) is 1. The maximum absolute atomic E-state index is 13.1. The van der Waals surface area contributed by atoms with Crippen LogP contribution in [0.5, 0.6) is 0 Å². The van der Waals surface area contributed by atoms with E-state index in [2.05, 4.69) is 0 Å². The topological polar surface area (TPSA) is 110 Å². The fourth-order valence-corrected chi connectivity index (χ4v) is 5.67. The summed E-state index contributed by atoms with van der Waals surface area (Å²) in [6.07, 6.45) is 2.52. The molecule has 1 unspecified atom stereocenters. The van der Waals surface area contributed by atoms with Crippen LogP contribution in [0.25, 0.3) is 0 Å². The fraction of sp³-hybridized carbons (Fsp3) is 0.250. The number of carbonyl (C=O) groups excluding carboxylic acids is 1. The molecule has 0 N–H and O–H groups in total. The lowest BCUT2D eigenvalue weighted by Gasteiger charge is -2.26. The molecule has 0 radical (unpaired) electrons. The Labute approximate surface area is 173 Å². The van der Waals surface area contributed by atoms with Crippen LogP contribution >= 0.6 is 0 Å². The molecule has 2 heterocycles. The molecule has 2 aromatic rings. The van der Waals surface area contributed by atoms with Crippen molar-refractivity contribution in [2.75, 3.05) is 0 Å². The van der Waals surface area contributed by atoms with Crippen LogP contribution in [-0.4, -0.2) is 46.8 Å². The molecule has 30 heavy (non-hydrogen) atoms. The second-order valence-corrected chi connectivity index (χ2v) is 8.88. The zero-order valence-electron chi connectivity index (χ0n) is 16.0. The molecular weight excluding hydrogens is 410 g/mol. The molecular formula is C20H19N3O6S. The number of hydrogen-bond donors (Lipinski definition) is 0. The second kappa shape index (κ2) is 7.54. The molecule has 2 aromatic carbocycles. The van der Waals surface area contributed by atoms with Crippen molar-refractivity contribution in [2.45, 2.75) is 36.6 Å². The first kappa shape index (κ1) is 20.0. The Morgan fingerprint density at radius 1 is 1.13 bits per heavy atom. The van der Waals surface area contributed by atoms with Crippen LogP contribution in [0, 0.1) is 10.1 Å². The number of fused-ring (bicyclic) bond motifs is 1. The van der Waals surface area contributed by atoms with E-state index < -0.39 is 44.9 Å². The Bertz CT molecular complexity index is 1120. The van der Waals surface area contributed by atoms with Gasteiger partial charge in [-0.3, -0.25) is 15.0 Å². The van der Waals surface area contributed by atoms with E-state index in [-0.39, 0.29) is 11.5 Å². The Kier molecular flexibility index (Phi) is 5.04. The van der Waals surface area contributed by atoms with Crippen LogP contribution in [0.3, 0.4) is 0 Å². The van der Waals surface area contributed by atoms with Crippen molar-refractivity contribution in [1.29, 1.82) is 0 Å². The number of benzene rings is 2. The van der Waals surface area contributed by atoms with Crippen molar-refractivity contribution in [1.82, 2.24) is 9.21 Å². The Morgan fingerprint density at radius 2 is 1.80 bits per heavy atom. The van der Waals surface area contributed by atoms with Crippen LogP contribution in [0.4, 0.5) is 10.5 Å². The molecule has 1 saturated heterocycles. The van der Waals surface area contributed by atoms with Gasteiger partial charge >= 0.3 is 6.09 Å². The predicted octanol–water partition coefficient (Wildman–Crippen LogP) is 2.89. The fourth-order valence-electron chi connectivity index (χ4n) is 3.71. The van der Waals surface area contributed by atoms with Crippen LogP contribution in [0.1, 0.15) is 12.5 Å². The standard InChI is InChI=1S/C20H19N3O6S/c1-14-19-17(11-12-21(14)20(24)29-13-15-7-3-2-4-8-15)22(19)30(27,28)18-10-6-5-9-16(18)23(25)26/h2-12,14,17,19H,13H2,1H3/t14-,17+,19-,22?/m1/s1. The first-order chi connectivity index (χ1) is 14.3. The molecule has 0 bridgehead atoms. The summed E-state index contributed by atoms with van der Waals surface area (Å²) in [5.41, 5.74) is 0.362. The van der Waals surface area contributed by atoms with Crippen molar-refractivity contribution < 1.29 is 22.9 Å². The van der Waals surface area contributed by atoms with Gasteiger partial charge in [-0.15, -0.1) is 0 Å². The number of sulfonamides is 1. The monoisotopic (exact) mass is 429 g/mol. The van der Waals surface area contributed by atoms with Gasteiger partial charge in [0, 0.05) is 12.3 Å². The quantitative estimate of drug-likeness (QED) is 0.411. The lowest BCUT2D eigenvalue weighted by Crippen LogP contribution is -2.41. The largest absolute Gasteiger partial charge is 0.444 e. The SMILES string of the molecule is C[C@@H]1[C@@H]2[C@H](C=CN1C(=O)OCc1ccccc1)N2S(=O)(=O)c1ccccc1[N+](=O)[O-]. The summed E-state index contributed by atoms with van der Waals surface area (Å²) in [6, 6.07) is 13.0. The number of nitro groups is 1. The van der Waals surface area contributed by atoms with Crippen LogP contribution in [0.15, 0.2) is 71.8 Å². The Hall–Kier alpha value is -3.24. The smallest absolute Gasteiger partial charge is 0.414 e. The Balaban J connectivity index is 1.50. The molecule has 0 aromatic heterocycles. The van der Waals surface area contributed by atoms with Gasteiger partial charge in [-0.05, 0) is 24.6 Å². The van der Waals surface area contributed by atoms with Crippen LogP contribution in [0.2, 0.25) is 0 Å². The number of carbonyl (C=O) groups is 1. The van der Waals surface area contributed by atoms with Crippen molar-refractivity contribution in [3.05, 3.63) is 82.6 Å². The van der Waals surface area contributed by atoms with Gasteiger partial charge in [-0.1, -0.05) is 42.5 Å². The zero-order valence-corrected chi connectivity index (χ0v) is 16.8. The molecule has 4 rings (SSSR count). The van der Waals surface area contributed by atoms with Crippen LogP contribution in [-0.2, 0) is 21.4 Å². The number of para-hydroxylation sites is 1. The summed E-state index contributed by atoms with van der Waals surface area (Å²) >= 11 is 0. The molecule has 2 aliphatic heterocycles. The van der Waals surface area contributed by atoms with E-state index >= 15 is 0 Å². The molecule has 1 amide bonds. The van der Waals surface area contributed by atoms with E-state index in [1.165, 1.54) is 33.6 Å². The highest BCUT2D eigenvalue weighted by Crippen LogP contribution is 2.44. The molecule has 0 aliphatic carbocycles. The van der Waals surface area contributed by atoms with E-state index in [1.807, 2.05) is 30.3 Å². The lowest BCUT2D eigenvalue weighted by molar-refractivity contribution is -0.387. The minimum atomic E-state index is -4.10. The van der Waals surface area contributed by atoms with Gasteiger partial charge in [0.15, 0.2) is 4.90 Å². The molecule has 10 heteroatoms. The molecule has 156 valence electrons. The molecule has 2 aliphatic rings. The normalized spacial score (nSPS) is 24.8. The average molecular weight is 429 g/mol. The summed E-state index contributed by atoms with van der Waals surface area (Å²) in [5.74, 6) is 0. The molecule has 4 atom stereocenters. The first-order valence-corrected chi connectivity index (χ1v) is 10.7. The summed E-state index contributed by atoms with van der Waals surface area (Å²) < 4.78 is 32.7. The van der Waals surface area contributed by atoms with Crippen molar-refractivity contribution >= 4 is 21.8 Å². The minimum Gasteiger partial charge on any atom is -0.444 e. The summed E-state index contributed by atoms with van der Waals surface area (Å²) in [5, 5.41) is 11.3. The van der Waals surface area contributed by atoms with Gasteiger partial charge in [-0.25, -0.2) is 13.2 Å². The molecule has 9 nitrogen and oxygen atoms in total. The second-order valence-electron chi connectivity index (χ2n) is 7.07. The van der Waals surface area contributed by atoms with E-state index in [9.17, 15) is 23.3 Å². The lowest BCUT2D eigenvalue weighted by atomic mass is 10.1. The summed E-state index contributed by atoms with van der Waals surface area (Å²) in [7, 11) is -4.10. The van der Waals surface area contributed by atoms with E-state index in [4.69, 9.17) is 4.74 Å². The summed E-state index contributed by atoms with van der Waals surface area (Å²) in [4.78, 5) is 24.0. The summed E-state index contributed by atoms with van der Waals surface area (Å²) in [6.45, 7) is 1.82. The van der Waals surface area contributed by atoms with Crippen molar-refractivity contribution in [3.63, 3.8) is 0 Å². The Morgan fingerprint density at radius 3 is 2.50 bits per heavy atom. The minimum absolute atomic E-state index is 0.100. The zero-order chi connectivity index (χ0) is 21.5.